The van der Waals surface area contributed by atoms with Gasteiger partial charge in [-0.25, -0.2) is 9.07 Å². The predicted octanol–water partition coefficient (Wildman–Crippen LogP) is 2.20. The van der Waals surface area contributed by atoms with E-state index in [0.29, 0.717) is 36.9 Å². The summed E-state index contributed by atoms with van der Waals surface area (Å²) in [6, 6.07) is 13.0. The molecule has 2 fully saturated rings. The van der Waals surface area contributed by atoms with Crippen molar-refractivity contribution in [1.29, 1.82) is 0 Å². The normalized spacial score (nSPS) is 21.7. The number of benzene rings is 2. The van der Waals surface area contributed by atoms with Crippen LogP contribution in [0.5, 0.6) is 0 Å². The fourth-order valence-electron chi connectivity index (χ4n) is 4.85. The Hall–Kier alpha value is -3.63. The molecule has 0 bridgehead atoms. The Morgan fingerprint density at radius 2 is 1.87 bits per heavy atom. The van der Waals surface area contributed by atoms with Crippen molar-refractivity contribution in [2.24, 2.45) is 0 Å². The Bertz CT molecular complexity index is 1310. The molecule has 3 aromatic rings. The fourth-order valence-corrected chi connectivity index (χ4v) is 4.85. The molecule has 0 spiro atoms. The summed E-state index contributed by atoms with van der Waals surface area (Å²) in [5, 5.41) is 14.2. The highest BCUT2D eigenvalue weighted by molar-refractivity contribution is 5.97. The lowest BCUT2D eigenvalue weighted by Gasteiger charge is -2.34. The van der Waals surface area contributed by atoms with Crippen LogP contribution in [0, 0.1) is 5.82 Å². The highest BCUT2D eigenvalue weighted by Crippen LogP contribution is 2.40. The molecule has 10 heteroatoms. The van der Waals surface area contributed by atoms with E-state index in [9.17, 15) is 14.0 Å². The maximum absolute atomic E-state index is 13.5. The molecule has 9 nitrogen and oxygen atoms in total. The van der Waals surface area contributed by atoms with E-state index in [0.717, 1.165) is 17.7 Å². The molecule has 1 aliphatic carbocycles. The number of nitrogens with zero attached hydrogens (tertiary/aromatic N) is 5. The second-order valence-electron chi connectivity index (χ2n) is 9.83. The Balaban J connectivity index is 1.18. The number of carbonyl (C=O) groups excluding carboxylic acids is 2. The molecule has 2 amide bonds. The molecular weight excluding hydrogens is 485 g/mol. The molecule has 0 unspecified atom stereocenters. The first kappa shape index (κ1) is 22.4. The topological polar surface area (TPSA) is 95.4 Å². The van der Waals surface area contributed by atoms with Gasteiger partial charge in [0.25, 0.3) is 5.91 Å². The van der Waals surface area contributed by atoms with E-state index in [1.54, 1.807) is 46.2 Å². The third-order valence-corrected chi connectivity index (χ3v) is 7.18. The smallest absolute Gasteiger partial charge is 0.251 e. The van der Waals surface area contributed by atoms with Crippen LogP contribution < -0.4 is 10.6 Å². The minimum atomic E-state index is -2.19. The fraction of sp³-hybridized carbons (Fsp3) is 0.429. The number of amides is 2. The summed E-state index contributed by atoms with van der Waals surface area (Å²) < 4.78 is 37.7. The number of hydrogen-bond donors (Lipinski definition) is 2. The minimum absolute atomic E-state index is 0.210. The van der Waals surface area contributed by atoms with Crippen LogP contribution in [0.3, 0.4) is 0 Å². The first-order chi connectivity index (χ1) is 19.7. The molecule has 2 heterocycles. The number of nitrogens with one attached hydrogen (secondary N) is 2. The monoisotopic (exact) mass is 522 g/mol. The highest BCUT2D eigenvalue weighted by atomic mass is 19.1. The largest absolute Gasteiger partial charge is 0.340 e. The van der Waals surface area contributed by atoms with Gasteiger partial charge in [-0.2, -0.15) is 0 Å². The Morgan fingerprint density at radius 3 is 2.55 bits per heavy atom. The number of rotatable bonds is 10. The zero-order valence-electron chi connectivity index (χ0n) is 24.1. The molecule has 3 atom stereocenters. The van der Waals surface area contributed by atoms with Crippen molar-refractivity contribution in [3.63, 3.8) is 0 Å². The van der Waals surface area contributed by atoms with Gasteiger partial charge in [0.15, 0.2) is 0 Å². The Morgan fingerprint density at radius 1 is 1.11 bits per heavy atom. The van der Waals surface area contributed by atoms with Crippen molar-refractivity contribution >= 4 is 11.8 Å². The van der Waals surface area contributed by atoms with Crippen LogP contribution in [0.1, 0.15) is 45.2 Å². The van der Waals surface area contributed by atoms with Crippen LogP contribution in [0.25, 0.3) is 5.69 Å². The van der Waals surface area contributed by atoms with E-state index < -0.39 is 13.0 Å². The highest BCUT2D eigenvalue weighted by Gasteiger charge is 2.37. The SMILES string of the molecule is [2H]C([2H])([2H])N1CCN(C(=O)[C@H](CCCN[C@@H]2C[C@H]2c2ccc(F)cc2)NC(=O)c2ccc(-n3ccnn3)cc2)CC1. The summed E-state index contributed by atoms with van der Waals surface area (Å²) in [5.74, 6) is -0.468. The second-order valence-corrected chi connectivity index (χ2v) is 9.83. The van der Waals surface area contributed by atoms with Gasteiger partial charge in [-0.1, -0.05) is 17.3 Å². The van der Waals surface area contributed by atoms with E-state index in [-0.39, 0.29) is 43.8 Å². The predicted molar refractivity (Wildman–Crippen MR) is 141 cm³/mol. The van der Waals surface area contributed by atoms with Gasteiger partial charge >= 0.3 is 0 Å². The van der Waals surface area contributed by atoms with Gasteiger partial charge in [0.05, 0.1) is 18.1 Å². The number of halogens is 1. The van der Waals surface area contributed by atoms with Gasteiger partial charge < -0.3 is 20.4 Å². The summed E-state index contributed by atoms with van der Waals surface area (Å²) in [4.78, 5) is 29.7. The maximum Gasteiger partial charge on any atom is 0.251 e. The number of likely N-dealkylation sites (N-methyl/N-ethyl adjacent to an activating group) is 1. The van der Waals surface area contributed by atoms with Crippen molar-refractivity contribution in [2.45, 2.75) is 37.3 Å². The number of hydrogen-bond acceptors (Lipinski definition) is 6. The van der Waals surface area contributed by atoms with E-state index in [1.807, 2.05) is 12.1 Å². The van der Waals surface area contributed by atoms with E-state index in [4.69, 9.17) is 4.11 Å². The summed E-state index contributed by atoms with van der Waals surface area (Å²) in [7, 11) is 0. The number of piperazine rings is 1. The van der Waals surface area contributed by atoms with Crippen molar-refractivity contribution in [3.8, 4) is 5.69 Å². The maximum atomic E-state index is 13.5. The summed E-state index contributed by atoms with van der Waals surface area (Å²) in [5.41, 5.74) is 2.27. The van der Waals surface area contributed by atoms with Crippen LogP contribution in [0.4, 0.5) is 4.39 Å². The molecule has 200 valence electrons. The molecule has 1 saturated carbocycles. The average Bonchev–Trinajstić information content (AvgIpc) is 3.52. The van der Waals surface area contributed by atoms with Crippen molar-refractivity contribution in [2.75, 3.05) is 39.7 Å². The number of carbonyl (C=O) groups is 2. The minimum Gasteiger partial charge on any atom is -0.340 e. The third kappa shape index (κ3) is 6.43. The van der Waals surface area contributed by atoms with Crippen molar-refractivity contribution in [3.05, 3.63) is 77.9 Å². The standard InChI is InChI=1S/C28H34FN7O2/c1-34-15-17-35(18-16-34)28(38)25(3-2-12-30-26-19-24(26)20-4-8-22(29)9-5-20)32-27(37)21-6-10-23(11-7-21)36-14-13-31-33-36/h4-11,13-14,24-26,30H,2-3,12,15-19H2,1H3,(H,32,37)/t24-,25-,26+/m0/s1/i1D3. The lowest BCUT2D eigenvalue weighted by molar-refractivity contribution is -0.135. The molecule has 1 saturated heterocycles. The second kappa shape index (κ2) is 11.8. The van der Waals surface area contributed by atoms with Gasteiger partial charge in [-0.05, 0) is 74.7 Å². The van der Waals surface area contributed by atoms with Crippen LogP contribution >= 0.6 is 0 Å². The molecule has 5 rings (SSSR count). The van der Waals surface area contributed by atoms with E-state index in [2.05, 4.69) is 20.9 Å². The lowest BCUT2D eigenvalue weighted by atomic mass is 10.1. The zero-order valence-corrected chi connectivity index (χ0v) is 21.1. The zero-order chi connectivity index (χ0) is 29.0. The Labute approximate surface area is 226 Å². The van der Waals surface area contributed by atoms with Crippen molar-refractivity contribution in [1.82, 2.24) is 35.4 Å². The van der Waals surface area contributed by atoms with Crippen LogP contribution in [-0.4, -0.2) is 88.4 Å². The van der Waals surface area contributed by atoms with Crippen LogP contribution in [0.2, 0.25) is 0 Å². The van der Waals surface area contributed by atoms with Gasteiger partial charge in [0.1, 0.15) is 11.9 Å². The van der Waals surface area contributed by atoms with Gasteiger partial charge in [-0.3, -0.25) is 9.59 Å². The summed E-state index contributed by atoms with van der Waals surface area (Å²) in [6.07, 6.45) is 5.33. The quantitative estimate of drug-likeness (QED) is 0.397. The van der Waals surface area contributed by atoms with Crippen LogP contribution in [-0.2, 0) is 4.79 Å². The molecule has 1 aromatic heterocycles. The number of aromatic nitrogens is 3. The average molecular weight is 523 g/mol. The molecule has 2 aromatic carbocycles. The molecule has 2 N–H and O–H groups in total. The first-order valence-corrected chi connectivity index (χ1v) is 13.0. The molecule has 38 heavy (non-hydrogen) atoms. The third-order valence-electron chi connectivity index (χ3n) is 7.18. The van der Waals surface area contributed by atoms with E-state index >= 15 is 0 Å². The molecule has 0 radical (unpaired) electrons. The molecule has 2 aliphatic rings. The van der Waals surface area contributed by atoms with Gasteiger partial charge in [0.2, 0.25) is 5.91 Å². The Kier molecular flexibility index (Phi) is 6.96. The summed E-state index contributed by atoms with van der Waals surface area (Å²) >= 11 is 0. The lowest BCUT2D eigenvalue weighted by Crippen LogP contribution is -2.54. The van der Waals surface area contributed by atoms with Crippen LogP contribution in [0.15, 0.2) is 60.9 Å². The molecule has 1 aliphatic heterocycles. The van der Waals surface area contributed by atoms with Gasteiger partial charge in [-0.15, -0.1) is 5.10 Å². The van der Waals surface area contributed by atoms with Crippen molar-refractivity contribution < 1.29 is 18.1 Å². The van der Waals surface area contributed by atoms with E-state index in [1.165, 1.54) is 17.0 Å². The van der Waals surface area contributed by atoms with Gasteiger partial charge in [0, 0.05) is 47.8 Å². The summed E-state index contributed by atoms with van der Waals surface area (Å²) in [6.45, 7) is -0.449. The first-order valence-electron chi connectivity index (χ1n) is 14.5. The molecular formula is C28H34FN7O2.